The van der Waals surface area contributed by atoms with Crippen LogP contribution in [0.1, 0.15) is 43.1 Å². The maximum Gasteiger partial charge on any atom is 0.161 e. The maximum absolute atomic E-state index is 5.95. The van der Waals surface area contributed by atoms with Gasteiger partial charge < -0.3 is 19.8 Å². The van der Waals surface area contributed by atoms with E-state index in [2.05, 4.69) is 70.4 Å². The first-order valence-electron chi connectivity index (χ1n) is 9.91. The van der Waals surface area contributed by atoms with Crippen molar-refractivity contribution in [3.63, 3.8) is 0 Å². The van der Waals surface area contributed by atoms with Crippen LogP contribution in [-0.4, -0.2) is 25.2 Å². The van der Waals surface area contributed by atoms with E-state index in [0.717, 1.165) is 35.4 Å². The molecule has 1 unspecified atom stereocenters. The van der Waals surface area contributed by atoms with E-state index in [9.17, 15) is 0 Å². The van der Waals surface area contributed by atoms with Gasteiger partial charge in [-0.1, -0.05) is 35.8 Å². The standard InChI is InChI=1S/C23H27BrN2O2/c1-14(2)9-11-28-20-7-4-15(12-21(20)27-3)22-23-17(8-10-25-22)18-13-16(24)5-6-19(18)26-23/h4-7,12-14,22,25-26H,8-11H2,1-3H3. The second-order valence-corrected chi connectivity index (χ2v) is 8.70. The second-order valence-electron chi connectivity index (χ2n) is 7.79. The largest absolute Gasteiger partial charge is 0.493 e. The Labute approximate surface area is 174 Å². The summed E-state index contributed by atoms with van der Waals surface area (Å²) in [7, 11) is 1.70. The molecular formula is C23H27BrN2O2. The number of hydrogen-bond acceptors (Lipinski definition) is 3. The third-order valence-electron chi connectivity index (χ3n) is 5.39. The number of ether oxygens (including phenoxy) is 2. The van der Waals surface area contributed by atoms with Gasteiger partial charge in [0.1, 0.15) is 0 Å². The normalized spacial score (nSPS) is 16.4. The van der Waals surface area contributed by atoms with Gasteiger partial charge in [0.2, 0.25) is 0 Å². The molecule has 1 atom stereocenters. The van der Waals surface area contributed by atoms with Crippen LogP contribution >= 0.6 is 15.9 Å². The number of halogens is 1. The van der Waals surface area contributed by atoms with Gasteiger partial charge in [-0.25, -0.2) is 0 Å². The predicted octanol–water partition coefficient (Wildman–Crippen LogP) is 5.60. The molecule has 1 aromatic heterocycles. The van der Waals surface area contributed by atoms with Crippen molar-refractivity contribution < 1.29 is 9.47 Å². The van der Waals surface area contributed by atoms with E-state index < -0.39 is 0 Å². The van der Waals surface area contributed by atoms with E-state index in [1.807, 2.05) is 6.07 Å². The summed E-state index contributed by atoms with van der Waals surface area (Å²) in [5.41, 5.74) is 5.01. The van der Waals surface area contributed by atoms with Gasteiger partial charge in [0, 0.05) is 27.6 Å². The number of benzene rings is 2. The molecule has 0 amide bonds. The van der Waals surface area contributed by atoms with Crippen molar-refractivity contribution in [3.8, 4) is 11.5 Å². The van der Waals surface area contributed by atoms with Crippen molar-refractivity contribution in [2.24, 2.45) is 5.92 Å². The van der Waals surface area contributed by atoms with E-state index in [1.165, 1.54) is 27.7 Å². The molecule has 0 saturated carbocycles. The molecule has 0 bridgehead atoms. The van der Waals surface area contributed by atoms with Crippen molar-refractivity contribution in [1.82, 2.24) is 10.3 Å². The number of rotatable bonds is 6. The lowest BCUT2D eigenvalue weighted by Crippen LogP contribution is -2.30. The summed E-state index contributed by atoms with van der Waals surface area (Å²) >= 11 is 3.60. The third kappa shape index (κ3) is 3.78. The average molecular weight is 443 g/mol. The lowest BCUT2D eigenvalue weighted by Gasteiger charge is -2.25. The van der Waals surface area contributed by atoms with Crippen LogP contribution in [0.3, 0.4) is 0 Å². The minimum Gasteiger partial charge on any atom is -0.493 e. The number of methoxy groups -OCH3 is 1. The minimum absolute atomic E-state index is 0.119. The molecule has 148 valence electrons. The number of H-pyrrole nitrogens is 1. The molecule has 1 aliphatic heterocycles. The highest BCUT2D eigenvalue weighted by Gasteiger charge is 2.26. The van der Waals surface area contributed by atoms with E-state index in [1.54, 1.807) is 7.11 Å². The third-order valence-corrected chi connectivity index (χ3v) is 5.88. The highest BCUT2D eigenvalue weighted by atomic mass is 79.9. The Morgan fingerprint density at radius 2 is 2.00 bits per heavy atom. The first-order chi connectivity index (χ1) is 13.6. The van der Waals surface area contributed by atoms with Crippen LogP contribution in [0.2, 0.25) is 0 Å². The predicted molar refractivity (Wildman–Crippen MR) is 117 cm³/mol. The molecule has 5 heteroatoms. The maximum atomic E-state index is 5.95. The number of nitrogens with one attached hydrogen (secondary N) is 2. The smallest absolute Gasteiger partial charge is 0.161 e. The van der Waals surface area contributed by atoms with Crippen molar-refractivity contribution in [1.29, 1.82) is 0 Å². The fourth-order valence-electron chi connectivity index (χ4n) is 3.87. The van der Waals surface area contributed by atoms with Crippen LogP contribution in [0.4, 0.5) is 0 Å². The summed E-state index contributed by atoms with van der Waals surface area (Å²) in [5.74, 6) is 2.22. The first kappa shape index (κ1) is 19.3. The number of fused-ring (bicyclic) bond motifs is 3. The van der Waals surface area contributed by atoms with Crippen LogP contribution in [-0.2, 0) is 6.42 Å². The van der Waals surface area contributed by atoms with E-state index in [-0.39, 0.29) is 6.04 Å². The molecular weight excluding hydrogens is 416 g/mol. The molecule has 4 nitrogen and oxygen atoms in total. The van der Waals surface area contributed by atoms with Crippen molar-refractivity contribution >= 4 is 26.8 Å². The van der Waals surface area contributed by atoms with Gasteiger partial charge in [-0.2, -0.15) is 0 Å². The van der Waals surface area contributed by atoms with Gasteiger partial charge in [-0.05, 0) is 60.2 Å². The topological polar surface area (TPSA) is 46.3 Å². The zero-order chi connectivity index (χ0) is 19.7. The summed E-state index contributed by atoms with van der Waals surface area (Å²) in [6, 6.07) is 12.8. The summed E-state index contributed by atoms with van der Waals surface area (Å²) < 4.78 is 12.7. The van der Waals surface area contributed by atoms with Crippen molar-refractivity contribution in [2.75, 3.05) is 20.3 Å². The van der Waals surface area contributed by atoms with E-state index >= 15 is 0 Å². The molecule has 2 heterocycles. The van der Waals surface area contributed by atoms with Crippen LogP contribution in [0.15, 0.2) is 40.9 Å². The fraction of sp³-hybridized carbons (Fsp3) is 0.391. The Morgan fingerprint density at radius 3 is 2.79 bits per heavy atom. The molecule has 4 rings (SSSR count). The van der Waals surface area contributed by atoms with Crippen LogP contribution in [0.5, 0.6) is 11.5 Å². The average Bonchev–Trinajstić information content (AvgIpc) is 3.06. The molecule has 28 heavy (non-hydrogen) atoms. The van der Waals surface area contributed by atoms with Gasteiger partial charge in [0.15, 0.2) is 11.5 Å². The molecule has 0 fully saturated rings. The Morgan fingerprint density at radius 1 is 1.14 bits per heavy atom. The molecule has 0 aliphatic carbocycles. The zero-order valence-electron chi connectivity index (χ0n) is 16.6. The highest BCUT2D eigenvalue weighted by Crippen LogP contribution is 2.37. The van der Waals surface area contributed by atoms with Crippen LogP contribution in [0.25, 0.3) is 10.9 Å². The van der Waals surface area contributed by atoms with Gasteiger partial charge in [0.05, 0.1) is 19.8 Å². The minimum atomic E-state index is 0.119. The van der Waals surface area contributed by atoms with Gasteiger partial charge >= 0.3 is 0 Å². The van der Waals surface area contributed by atoms with E-state index in [0.29, 0.717) is 12.5 Å². The number of aromatic nitrogens is 1. The Balaban J connectivity index is 1.66. The summed E-state index contributed by atoms with van der Waals surface area (Å²) in [6.07, 6.45) is 2.05. The quantitative estimate of drug-likeness (QED) is 0.522. The Kier molecular flexibility index (Phi) is 5.65. The summed E-state index contributed by atoms with van der Waals surface area (Å²) in [6.45, 7) is 6.06. The monoisotopic (exact) mass is 442 g/mol. The van der Waals surface area contributed by atoms with Gasteiger partial charge in [-0.3, -0.25) is 0 Å². The van der Waals surface area contributed by atoms with Crippen molar-refractivity contribution in [2.45, 2.75) is 32.7 Å². The molecule has 2 N–H and O–H groups in total. The van der Waals surface area contributed by atoms with Crippen LogP contribution in [0, 0.1) is 5.92 Å². The summed E-state index contributed by atoms with van der Waals surface area (Å²) in [5, 5.41) is 4.96. The molecule has 2 aromatic carbocycles. The van der Waals surface area contributed by atoms with Gasteiger partial charge in [-0.15, -0.1) is 0 Å². The molecule has 3 aromatic rings. The highest BCUT2D eigenvalue weighted by molar-refractivity contribution is 9.10. The molecule has 0 spiro atoms. The fourth-order valence-corrected chi connectivity index (χ4v) is 4.23. The molecule has 1 aliphatic rings. The SMILES string of the molecule is COc1cc(C2NCCc3c2[nH]c2ccc(Br)cc32)ccc1OCCC(C)C. The first-order valence-corrected chi connectivity index (χ1v) is 10.7. The number of aromatic amines is 1. The van der Waals surface area contributed by atoms with E-state index in [4.69, 9.17) is 9.47 Å². The Hall–Kier alpha value is -1.98. The second kappa shape index (κ2) is 8.18. The van der Waals surface area contributed by atoms with Crippen LogP contribution < -0.4 is 14.8 Å². The lowest BCUT2D eigenvalue weighted by atomic mass is 9.94. The van der Waals surface area contributed by atoms with Crippen molar-refractivity contribution in [3.05, 3.63) is 57.7 Å². The van der Waals surface area contributed by atoms with Gasteiger partial charge in [0.25, 0.3) is 0 Å². The lowest BCUT2D eigenvalue weighted by molar-refractivity contribution is 0.272. The Bertz CT molecular complexity index is 980. The molecule has 0 radical (unpaired) electrons. The zero-order valence-corrected chi connectivity index (χ0v) is 18.2. The summed E-state index contributed by atoms with van der Waals surface area (Å²) in [4.78, 5) is 3.64. The molecule has 0 saturated heterocycles. The number of hydrogen-bond donors (Lipinski definition) is 2.